The molecule has 1 aromatic heterocycles. The Labute approximate surface area is 106 Å². The molecule has 12 heavy (non-hydrogen) atoms. The Bertz CT molecular complexity index is 653. The van der Waals surface area contributed by atoms with Gasteiger partial charge in [0, 0.05) is 19.2 Å². The predicted molar refractivity (Wildman–Crippen MR) is 57.9 cm³/mol. The second kappa shape index (κ2) is 4.38. The van der Waals surface area contributed by atoms with Crippen molar-refractivity contribution in [1.82, 2.24) is 4.98 Å². The number of hydrogen-bond donors (Lipinski definition) is 0. The summed E-state index contributed by atoms with van der Waals surface area (Å²) in [4.78, 5) is 3.57. The van der Waals surface area contributed by atoms with E-state index in [1.54, 1.807) is 0 Å². The van der Waals surface area contributed by atoms with Gasteiger partial charge in [0.15, 0.2) is 0 Å². The summed E-state index contributed by atoms with van der Waals surface area (Å²) in [5.41, 5.74) is -0.831. The van der Waals surface area contributed by atoms with E-state index in [0.29, 0.717) is 11.3 Å². The van der Waals surface area contributed by atoms with E-state index >= 15 is 0 Å². The number of thiazole rings is 1. The lowest BCUT2D eigenvalue weighted by Gasteiger charge is -1.98. The lowest BCUT2D eigenvalue weighted by atomic mass is 10.2. The summed E-state index contributed by atoms with van der Waals surface area (Å²) < 4.78 is 105. The Balaban J connectivity index is 3.69. The van der Waals surface area contributed by atoms with Gasteiger partial charge in [0.1, 0.15) is 0 Å². The van der Waals surface area contributed by atoms with Crippen LogP contribution in [0, 0.1) is 0 Å². The Morgan fingerprint density at radius 1 is 1.83 bits per heavy atom. The van der Waals surface area contributed by atoms with Gasteiger partial charge in [-0.3, -0.25) is 0 Å². The largest absolute Gasteiger partial charge is 0.245 e. The van der Waals surface area contributed by atoms with Crippen molar-refractivity contribution in [2.75, 3.05) is 0 Å². The molecule has 0 fully saturated rings. The zero-order valence-corrected chi connectivity index (χ0v) is 8.14. The minimum atomic E-state index is -3.40. The molecule has 1 heterocycles. The Morgan fingerprint density at radius 2 is 2.67 bits per heavy atom. The van der Waals surface area contributed by atoms with Crippen LogP contribution in [0.4, 0.5) is 0 Å². The topological polar surface area (TPSA) is 12.9 Å². The van der Waals surface area contributed by atoms with Crippen LogP contribution in [0.3, 0.4) is 0 Å². The van der Waals surface area contributed by atoms with E-state index in [2.05, 4.69) is 20.9 Å². The van der Waals surface area contributed by atoms with Crippen molar-refractivity contribution in [2.24, 2.45) is 0 Å². The first kappa shape index (κ1) is 2.19. The van der Waals surface area contributed by atoms with Crippen LogP contribution in [-0.2, 0) is 6.37 Å². The molecule has 0 atom stereocenters. The monoisotopic (exact) mass is 261 g/mol. The fraction of sp³-hybridized carbons (Fsp3) is 0.667. The smallest absolute Gasteiger partial charge is 0.0940 e. The van der Waals surface area contributed by atoms with Crippen molar-refractivity contribution in [3.63, 3.8) is 0 Å². The summed E-state index contributed by atoms with van der Waals surface area (Å²) in [7, 11) is 0. The molecule has 0 spiro atoms. The SMILES string of the molecule is [2H]C([2H])([2H])C([2H])([2H])C([2H])([2H])c1nc(C([2H])(C([2H])([2H])[2H])C([2H])([2H])[2H])c(Br)s1. The van der Waals surface area contributed by atoms with E-state index in [1.807, 2.05) is 0 Å². The first-order valence-electron chi connectivity index (χ1n) is 9.79. The Hall–Kier alpha value is 0.110. The van der Waals surface area contributed by atoms with Gasteiger partial charge in [0.2, 0.25) is 0 Å². The van der Waals surface area contributed by atoms with Crippen LogP contribution in [0.5, 0.6) is 0 Å². The highest BCUT2D eigenvalue weighted by atomic mass is 79.9. The molecule has 0 aliphatic heterocycles. The lowest BCUT2D eigenvalue weighted by molar-refractivity contribution is 0.808. The van der Waals surface area contributed by atoms with E-state index < -0.39 is 49.9 Å². The van der Waals surface area contributed by atoms with Crippen molar-refractivity contribution in [3.8, 4) is 0 Å². The molecule has 1 nitrogen and oxygen atoms in total. The van der Waals surface area contributed by atoms with E-state index in [1.165, 1.54) is 0 Å². The van der Waals surface area contributed by atoms with Crippen LogP contribution in [0.1, 0.15) is 62.7 Å². The molecule has 0 bridgehead atoms. The van der Waals surface area contributed by atoms with Crippen LogP contribution >= 0.6 is 27.3 Å². The fourth-order valence-electron chi connectivity index (χ4n) is 0.563. The van der Waals surface area contributed by atoms with Gasteiger partial charge in [0.25, 0.3) is 0 Å². The number of halogens is 1. The zero-order valence-electron chi connectivity index (χ0n) is 19.7. The molecule has 3 heteroatoms. The van der Waals surface area contributed by atoms with Crippen LogP contribution in [0.15, 0.2) is 3.79 Å². The molecule has 0 saturated heterocycles. The third kappa shape index (κ3) is 2.30. The molecule has 0 radical (unpaired) electrons. The van der Waals surface area contributed by atoms with Crippen LogP contribution in [0.2, 0.25) is 0 Å². The summed E-state index contributed by atoms with van der Waals surface area (Å²) in [6.45, 7) is -10.1. The zero-order chi connectivity index (χ0) is 21.1. The van der Waals surface area contributed by atoms with E-state index in [4.69, 9.17) is 19.2 Å². The van der Waals surface area contributed by atoms with Gasteiger partial charge in [-0.15, -0.1) is 11.3 Å². The fourth-order valence-corrected chi connectivity index (χ4v) is 1.96. The Morgan fingerprint density at radius 3 is 3.33 bits per heavy atom. The third-order valence-electron chi connectivity index (χ3n) is 0.992. The van der Waals surface area contributed by atoms with Gasteiger partial charge >= 0.3 is 0 Å². The highest BCUT2D eigenvalue weighted by Crippen LogP contribution is 2.30. The normalized spacial score (nSPS) is 34.8. The van der Waals surface area contributed by atoms with Gasteiger partial charge in [-0.25, -0.2) is 4.98 Å². The van der Waals surface area contributed by atoms with Crippen molar-refractivity contribution in [3.05, 3.63) is 14.5 Å². The van der Waals surface area contributed by atoms with Gasteiger partial charge < -0.3 is 0 Å². The van der Waals surface area contributed by atoms with Crippen molar-refractivity contribution in [2.45, 2.75) is 39.2 Å². The summed E-state index contributed by atoms with van der Waals surface area (Å²) in [6.07, 6.45) is -6.60. The maximum Gasteiger partial charge on any atom is 0.0940 e. The molecule has 0 aromatic carbocycles. The minimum Gasteiger partial charge on any atom is -0.245 e. The van der Waals surface area contributed by atoms with Crippen LogP contribution < -0.4 is 0 Å². The summed E-state index contributed by atoms with van der Waals surface area (Å²) in [5.74, 6) is -3.23. The van der Waals surface area contributed by atoms with Gasteiger partial charge in [-0.05, 0) is 34.6 Å². The average Bonchev–Trinajstić information content (AvgIpc) is 2.76. The Kier molecular flexibility index (Phi) is 0.799. The molecule has 0 aliphatic carbocycles. The standard InChI is InChI=1S/C9H14BrNS/c1-4-5-7-11-8(6(2)3)9(10)12-7/h6H,4-5H2,1-3H3/i1D3,2D3,3D3,4D2,5D2,6D. The van der Waals surface area contributed by atoms with Crippen molar-refractivity contribution < 1.29 is 19.2 Å². The highest BCUT2D eigenvalue weighted by molar-refractivity contribution is 9.11. The third-order valence-corrected chi connectivity index (χ3v) is 2.61. The van der Waals surface area contributed by atoms with E-state index in [0.717, 1.165) is 0 Å². The number of aryl methyl sites for hydroxylation is 1. The number of nitrogens with zero attached hydrogens (tertiary/aromatic N) is 1. The van der Waals surface area contributed by atoms with Crippen LogP contribution in [-0.4, -0.2) is 4.98 Å². The van der Waals surface area contributed by atoms with Gasteiger partial charge in [-0.1, -0.05) is 20.6 Å². The second-order valence-corrected chi connectivity index (χ2v) is 4.08. The molecule has 0 aliphatic rings. The van der Waals surface area contributed by atoms with E-state index in [-0.39, 0.29) is 3.79 Å². The average molecular weight is 262 g/mol. The second-order valence-electron chi connectivity index (χ2n) is 1.77. The number of hydrogen-bond acceptors (Lipinski definition) is 2. The van der Waals surface area contributed by atoms with Gasteiger partial charge in [0.05, 0.1) is 14.5 Å². The molecule has 1 rings (SSSR count). The van der Waals surface area contributed by atoms with Crippen LogP contribution in [0.25, 0.3) is 0 Å². The van der Waals surface area contributed by atoms with E-state index in [9.17, 15) is 0 Å². The predicted octanol–water partition coefficient (Wildman–Crippen LogP) is 3.98. The van der Waals surface area contributed by atoms with Crippen molar-refractivity contribution in [1.29, 1.82) is 0 Å². The quantitative estimate of drug-likeness (QED) is 0.802. The maximum atomic E-state index is 8.06. The first-order valence-corrected chi connectivity index (χ1v) is 4.40. The summed E-state index contributed by atoms with van der Waals surface area (Å²) in [5, 5.41) is -0.786. The molecule has 0 N–H and O–H groups in total. The molecule has 0 amide bonds. The highest BCUT2D eigenvalue weighted by Gasteiger charge is 2.10. The van der Waals surface area contributed by atoms with Crippen molar-refractivity contribution >= 4 is 27.3 Å². The maximum absolute atomic E-state index is 8.06. The molecular formula is C9H14BrNS. The summed E-state index contributed by atoms with van der Waals surface area (Å²) >= 11 is 3.20. The minimum absolute atomic E-state index is 0.306. The molecule has 0 saturated carbocycles. The molecule has 1 aromatic rings. The first-order chi connectivity index (χ1) is 11.1. The summed E-state index contributed by atoms with van der Waals surface area (Å²) in [6, 6.07) is 0. The van der Waals surface area contributed by atoms with Gasteiger partial charge in [-0.2, -0.15) is 0 Å². The number of rotatable bonds is 3. The molecule has 0 unspecified atom stereocenters. The number of aromatic nitrogens is 1. The molecular weight excluding hydrogens is 234 g/mol. The lowest BCUT2D eigenvalue weighted by Crippen LogP contribution is -1.89. The molecule has 68 valence electrons.